The summed E-state index contributed by atoms with van der Waals surface area (Å²) < 4.78 is 0. The fourth-order valence-corrected chi connectivity index (χ4v) is 2.17. The van der Waals surface area contributed by atoms with Gasteiger partial charge in [0.25, 0.3) is 0 Å². The second kappa shape index (κ2) is 6.85. The van der Waals surface area contributed by atoms with Crippen molar-refractivity contribution in [2.75, 3.05) is 36.1 Å². The number of nitrogens with one attached hydrogen (secondary N) is 1. The van der Waals surface area contributed by atoms with Gasteiger partial charge in [-0.25, -0.2) is 0 Å². The number of hydrogen-bond donors (Lipinski definition) is 2. The van der Waals surface area contributed by atoms with Gasteiger partial charge in [0.15, 0.2) is 0 Å². The first-order valence-corrected chi connectivity index (χ1v) is 7.03. The SMILES string of the molecule is Cc1ccc(N)c(NCCCN(C)c2ccccc2)c1. The quantitative estimate of drug-likeness (QED) is 0.623. The molecule has 0 bridgehead atoms. The summed E-state index contributed by atoms with van der Waals surface area (Å²) in [6.07, 6.45) is 1.07. The number of hydrogen-bond acceptors (Lipinski definition) is 3. The zero-order valence-electron chi connectivity index (χ0n) is 12.3. The van der Waals surface area contributed by atoms with E-state index in [9.17, 15) is 0 Å². The van der Waals surface area contributed by atoms with Crippen LogP contribution in [-0.2, 0) is 0 Å². The van der Waals surface area contributed by atoms with Crippen LogP contribution in [0.5, 0.6) is 0 Å². The van der Waals surface area contributed by atoms with Gasteiger partial charge in [-0.15, -0.1) is 0 Å². The molecule has 2 aromatic carbocycles. The minimum atomic E-state index is 0.812. The first-order valence-electron chi connectivity index (χ1n) is 7.03. The van der Waals surface area contributed by atoms with Gasteiger partial charge in [0.1, 0.15) is 0 Å². The Kier molecular flexibility index (Phi) is 4.88. The molecule has 0 saturated heterocycles. The Balaban J connectivity index is 1.78. The number of aryl methyl sites for hydroxylation is 1. The molecule has 0 aliphatic heterocycles. The van der Waals surface area contributed by atoms with Gasteiger partial charge in [-0.3, -0.25) is 0 Å². The monoisotopic (exact) mass is 269 g/mol. The Bertz CT molecular complexity index is 537. The van der Waals surface area contributed by atoms with Crippen LogP contribution in [-0.4, -0.2) is 20.1 Å². The van der Waals surface area contributed by atoms with E-state index in [0.29, 0.717) is 0 Å². The highest BCUT2D eigenvalue weighted by molar-refractivity contribution is 5.66. The summed E-state index contributed by atoms with van der Waals surface area (Å²) in [4.78, 5) is 2.27. The lowest BCUT2D eigenvalue weighted by molar-refractivity contribution is 0.817. The minimum absolute atomic E-state index is 0.812. The van der Waals surface area contributed by atoms with Crippen LogP contribution < -0.4 is 16.0 Å². The highest BCUT2D eigenvalue weighted by atomic mass is 15.1. The van der Waals surface area contributed by atoms with Crippen LogP contribution in [0.3, 0.4) is 0 Å². The van der Waals surface area contributed by atoms with Crippen LogP contribution in [0.2, 0.25) is 0 Å². The molecule has 2 aromatic rings. The molecule has 0 aromatic heterocycles. The van der Waals surface area contributed by atoms with Gasteiger partial charge >= 0.3 is 0 Å². The van der Waals surface area contributed by atoms with Crippen molar-refractivity contribution < 1.29 is 0 Å². The predicted octanol–water partition coefficient (Wildman–Crippen LogP) is 3.52. The number of para-hydroxylation sites is 1. The van der Waals surface area contributed by atoms with E-state index >= 15 is 0 Å². The molecule has 0 atom stereocenters. The third-order valence-corrected chi connectivity index (χ3v) is 3.39. The van der Waals surface area contributed by atoms with Crippen molar-refractivity contribution in [2.45, 2.75) is 13.3 Å². The third-order valence-electron chi connectivity index (χ3n) is 3.39. The summed E-state index contributed by atoms with van der Waals surface area (Å²) in [6.45, 7) is 4.02. The van der Waals surface area contributed by atoms with Crippen molar-refractivity contribution in [1.82, 2.24) is 0 Å². The average molecular weight is 269 g/mol. The molecule has 0 fully saturated rings. The maximum Gasteiger partial charge on any atom is 0.0576 e. The van der Waals surface area contributed by atoms with Crippen molar-refractivity contribution in [3.63, 3.8) is 0 Å². The van der Waals surface area contributed by atoms with Crippen molar-refractivity contribution in [3.8, 4) is 0 Å². The van der Waals surface area contributed by atoms with Gasteiger partial charge < -0.3 is 16.0 Å². The van der Waals surface area contributed by atoms with E-state index in [4.69, 9.17) is 5.73 Å². The van der Waals surface area contributed by atoms with Crippen LogP contribution in [0.25, 0.3) is 0 Å². The van der Waals surface area contributed by atoms with E-state index in [1.807, 2.05) is 18.2 Å². The van der Waals surface area contributed by atoms with E-state index in [2.05, 4.69) is 54.5 Å². The van der Waals surface area contributed by atoms with Crippen LogP contribution in [0.4, 0.5) is 17.1 Å². The van der Waals surface area contributed by atoms with Crippen LogP contribution in [0.1, 0.15) is 12.0 Å². The topological polar surface area (TPSA) is 41.3 Å². The molecule has 0 saturated carbocycles. The van der Waals surface area contributed by atoms with Crippen LogP contribution in [0.15, 0.2) is 48.5 Å². The van der Waals surface area contributed by atoms with Gasteiger partial charge in [0.05, 0.1) is 11.4 Å². The van der Waals surface area contributed by atoms with E-state index < -0.39 is 0 Å². The largest absolute Gasteiger partial charge is 0.397 e. The molecule has 20 heavy (non-hydrogen) atoms. The van der Waals surface area contributed by atoms with Gasteiger partial charge in [-0.1, -0.05) is 24.3 Å². The summed E-state index contributed by atoms with van der Waals surface area (Å²) >= 11 is 0. The Hall–Kier alpha value is -2.16. The van der Waals surface area contributed by atoms with Gasteiger partial charge in [-0.05, 0) is 43.2 Å². The number of nitrogens with zero attached hydrogens (tertiary/aromatic N) is 1. The normalized spacial score (nSPS) is 10.3. The first kappa shape index (κ1) is 14.3. The van der Waals surface area contributed by atoms with Crippen molar-refractivity contribution in [2.24, 2.45) is 0 Å². The Morgan fingerprint density at radius 1 is 1.10 bits per heavy atom. The molecule has 0 spiro atoms. The lowest BCUT2D eigenvalue weighted by Crippen LogP contribution is -2.20. The van der Waals surface area contributed by atoms with E-state index in [-0.39, 0.29) is 0 Å². The summed E-state index contributed by atoms with van der Waals surface area (Å²) in [5.74, 6) is 0. The third kappa shape index (κ3) is 3.92. The van der Waals surface area contributed by atoms with Gasteiger partial charge in [0.2, 0.25) is 0 Å². The fraction of sp³-hybridized carbons (Fsp3) is 0.294. The standard InChI is InChI=1S/C17H23N3/c1-14-9-10-16(18)17(13-14)19-11-6-12-20(2)15-7-4-3-5-8-15/h3-5,7-10,13,19H,6,11-12,18H2,1-2H3. The first-order chi connectivity index (χ1) is 9.66. The summed E-state index contributed by atoms with van der Waals surface area (Å²) in [7, 11) is 2.12. The maximum atomic E-state index is 5.95. The Morgan fingerprint density at radius 3 is 2.60 bits per heavy atom. The molecule has 2 rings (SSSR count). The Morgan fingerprint density at radius 2 is 1.85 bits per heavy atom. The second-order valence-electron chi connectivity index (χ2n) is 5.13. The van der Waals surface area contributed by atoms with Crippen molar-refractivity contribution in [1.29, 1.82) is 0 Å². The number of nitrogen functional groups attached to an aromatic ring is 1. The second-order valence-corrected chi connectivity index (χ2v) is 5.13. The smallest absolute Gasteiger partial charge is 0.0576 e. The van der Waals surface area contributed by atoms with Crippen molar-refractivity contribution in [3.05, 3.63) is 54.1 Å². The lowest BCUT2D eigenvalue weighted by Gasteiger charge is -2.19. The number of anilines is 3. The lowest BCUT2D eigenvalue weighted by atomic mass is 10.2. The Labute approximate surface area is 121 Å². The molecule has 0 heterocycles. The highest BCUT2D eigenvalue weighted by Crippen LogP contribution is 2.19. The molecule has 0 aliphatic rings. The minimum Gasteiger partial charge on any atom is -0.397 e. The zero-order chi connectivity index (χ0) is 14.4. The molecule has 0 aliphatic carbocycles. The molecule has 0 unspecified atom stereocenters. The highest BCUT2D eigenvalue weighted by Gasteiger charge is 2.01. The van der Waals surface area contributed by atoms with E-state index in [1.54, 1.807) is 0 Å². The van der Waals surface area contributed by atoms with E-state index in [1.165, 1.54) is 11.3 Å². The molecule has 106 valence electrons. The zero-order valence-corrected chi connectivity index (χ0v) is 12.3. The van der Waals surface area contributed by atoms with Gasteiger partial charge in [0, 0.05) is 25.8 Å². The molecular weight excluding hydrogens is 246 g/mol. The summed E-state index contributed by atoms with van der Waals surface area (Å²) in [6, 6.07) is 16.5. The molecule has 0 amide bonds. The predicted molar refractivity (Wildman–Crippen MR) is 88.4 cm³/mol. The van der Waals surface area contributed by atoms with Gasteiger partial charge in [-0.2, -0.15) is 0 Å². The molecule has 3 heteroatoms. The van der Waals surface area contributed by atoms with Crippen LogP contribution in [0, 0.1) is 6.92 Å². The van der Waals surface area contributed by atoms with Crippen molar-refractivity contribution >= 4 is 17.1 Å². The number of benzene rings is 2. The maximum absolute atomic E-state index is 5.95. The molecule has 0 radical (unpaired) electrons. The number of nitrogens with two attached hydrogens (primary N) is 1. The van der Waals surface area contributed by atoms with E-state index in [0.717, 1.165) is 30.9 Å². The molecule has 3 N–H and O–H groups in total. The summed E-state index contributed by atoms with van der Waals surface area (Å²) in [5, 5.41) is 3.41. The summed E-state index contributed by atoms with van der Waals surface area (Å²) in [5.41, 5.74) is 10.3. The average Bonchev–Trinajstić information content (AvgIpc) is 2.47. The molecule has 3 nitrogen and oxygen atoms in total. The van der Waals surface area contributed by atoms with Crippen LogP contribution >= 0.6 is 0 Å². The fourth-order valence-electron chi connectivity index (χ4n) is 2.17. The molecular formula is C17H23N3. The number of rotatable bonds is 6.